The fourth-order valence-electron chi connectivity index (χ4n) is 3.04. The Morgan fingerprint density at radius 2 is 2.00 bits per heavy atom. The van der Waals surface area contributed by atoms with E-state index < -0.39 is 5.97 Å². The number of carbonyl (C=O) groups is 2. The first-order valence-corrected chi connectivity index (χ1v) is 11.0. The highest BCUT2D eigenvalue weighted by Gasteiger charge is 2.33. The molecule has 1 N–H and O–H groups in total. The van der Waals surface area contributed by atoms with Gasteiger partial charge in [0.05, 0.1) is 29.9 Å². The molecule has 31 heavy (non-hydrogen) atoms. The van der Waals surface area contributed by atoms with E-state index in [4.69, 9.17) is 21.7 Å². The van der Waals surface area contributed by atoms with Gasteiger partial charge >= 0.3 is 5.97 Å². The predicted octanol–water partition coefficient (Wildman–Crippen LogP) is 5.29. The molecule has 1 saturated heterocycles. The third-order valence-corrected chi connectivity index (χ3v) is 6.05. The van der Waals surface area contributed by atoms with Gasteiger partial charge in [0, 0.05) is 0 Å². The number of nitrogens with zero attached hydrogens (tertiary/aromatic N) is 1. The first-order chi connectivity index (χ1) is 14.8. The van der Waals surface area contributed by atoms with E-state index in [1.807, 2.05) is 18.2 Å². The summed E-state index contributed by atoms with van der Waals surface area (Å²) in [6.45, 7) is 4.42. The molecule has 0 unspecified atom stereocenters. The van der Waals surface area contributed by atoms with Crippen molar-refractivity contribution in [1.29, 1.82) is 0 Å². The van der Waals surface area contributed by atoms with Crippen LogP contribution in [0.15, 0.2) is 41.3 Å². The maximum atomic E-state index is 13.0. The molecule has 8 heteroatoms. The van der Waals surface area contributed by atoms with Gasteiger partial charge in [0.25, 0.3) is 5.91 Å². The van der Waals surface area contributed by atoms with E-state index in [-0.39, 0.29) is 11.5 Å². The van der Waals surface area contributed by atoms with Crippen LogP contribution in [0.4, 0.5) is 5.69 Å². The van der Waals surface area contributed by atoms with Crippen LogP contribution in [0.25, 0.3) is 6.08 Å². The van der Waals surface area contributed by atoms with Gasteiger partial charge in [-0.3, -0.25) is 9.69 Å². The van der Waals surface area contributed by atoms with Crippen LogP contribution in [0.5, 0.6) is 11.5 Å². The number of hydrogen-bond acceptors (Lipinski definition) is 6. The van der Waals surface area contributed by atoms with Gasteiger partial charge in [0.15, 0.2) is 15.8 Å². The summed E-state index contributed by atoms with van der Waals surface area (Å²) in [6.07, 6.45) is 3.73. The molecule has 162 valence electrons. The minimum Gasteiger partial charge on any atom is -0.493 e. The lowest BCUT2D eigenvalue weighted by Gasteiger charge is -2.16. The molecule has 0 atom stereocenters. The van der Waals surface area contributed by atoms with Crippen molar-refractivity contribution < 1.29 is 24.2 Å². The maximum absolute atomic E-state index is 13.0. The second-order valence-corrected chi connectivity index (χ2v) is 8.61. The SMILES string of the molecule is CCCCOc1ccc(C=C2SC(=S)N(c3ccc(C)c(C(=O)O)c3)C2=O)cc1OC. The molecule has 0 aliphatic carbocycles. The fraction of sp³-hybridized carbons (Fsp3) is 0.261. The van der Waals surface area contributed by atoms with E-state index >= 15 is 0 Å². The summed E-state index contributed by atoms with van der Waals surface area (Å²) in [5.74, 6) is -0.0995. The van der Waals surface area contributed by atoms with Gasteiger partial charge in [-0.15, -0.1) is 0 Å². The van der Waals surface area contributed by atoms with E-state index in [1.165, 1.54) is 22.7 Å². The lowest BCUT2D eigenvalue weighted by atomic mass is 10.1. The third-order valence-electron chi connectivity index (χ3n) is 4.74. The summed E-state index contributed by atoms with van der Waals surface area (Å²) >= 11 is 6.57. The average molecular weight is 458 g/mol. The van der Waals surface area contributed by atoms with Crippen molar-refractivity contribution in [3.05, 3.63) is 58.0 Å². The summed E-state index contributed by atoms with van der Waals surface area (Å²) in [7, 11) is 1.57. The van der Waals surface area contributed by atoms with Gasteiger partial charge in [0.1, 0.15) is 0 Å². The van der Waals surface area contributed by atoms with Crippen LogP contribution in [-0.4, -0.2) is 35.0 Å². The lowest BCUT2D eigenvalue weighted by molar-refractivity contribution is -0.113. The zero-order valence-electron chi connectivity index (χ0n) is 17.5. The van der Waals surface area contributed by atoms with Gasteiger partial charge in [-0.1, -0.05) is 49.5 Å². The monoisotopic (exact) mass is 457 g/mol. The van der Waals surface area contributed by atoms with Crippen LogP contribution in [0.2, 0.25) is 0 Å². The van der Waals surface area contributed by atoms with Crippen LogP contribution in [0.1, 0.15) is 41.3 Å². The quantitative estimate of drug-likeness (QED) is 0.328. The molecule has 1 aliphatic rings. The number of carboxylic acid groups (broad SMARTS) is 1. The summed E-state index contributed by atoms with van der Waals surface area (Å²) in [5.41, 5.74) is 1.96. The van der Waals surface area contributed by atoms with Gasteiger partial charge in [-0.2, -0.15) is 0 Å². The molecule has 0 bridgehead atoms. The van der Waals surface area contributed by atoms with Gasteiger partial charge in [-0.25, -0.2) is 4.79 Å². The topological polar surface area (TPSA) is 76.1 Å². The van der Waals surface area contributed by atoms with Crippen molar-refractivity contribution in [3.63, 3.8) is 0 Å². The molecule has 0 radical (unpaired) electrons. The van der Waals surface area contributed by atoms with E-state index in [0.717, 1.165) is 18.4 Å². The molecule has 0 spiro atoms. The minimum atomic E-state index is -1.05. The van der Waals surface area contributed by atoms with Gasteiger partial charge in [0.2, 0.25) is 0 Å². The Labute approximate surface area is 190 Å². The third kappa shape index (κ3) is 5.08. The van der Waals surface area contributed by atoms with Crippen LogP contribution in [0.3, 0.4) is 0 Å². The zero-order chi connectivity index (χ0) is 22.5. The van der Waals surface area contributed by atoms with Crippen LogP contribution in [0, 0.1) is 6.92 Å². The van der Waals surface area contributed by atoms with Gasteiger partial charge < -0.3 is 14.6 Å². The van der Waals surface area contributed by atoms with Crippen molar-refractivity contribution in [1.82, 2.24) is 0 Å². The number of rotatable bonds is 8. The molecule has 1 heterocycles. The normalized spacial score (nSPS) is 14.9. The number of unbranched alkanes of at least 4 members (excludes halogenated alkanes) is 1. The van der Waals surface area contributed by atoms with Crippen LogP contribution < -0.4 is 14.4 Å². The van der Waals surface area contributed by atoms with Crippen molar-refractivity contribution in [2.45, 2.75) is 26.7 Å². The van der Waals surface area contributed by atoms with Crippen LogP contribution in [-0.2, 0) is 4.79 Å². The summed E-state index contributed by atoms with van der Waals surface area (Å²) in [4.78, 5) is 26.3. The van der Waals surface area contributed by atoms with E-state index in [2.05, 4.69) is 6.92 Å². The summed E-state index contributed by atoms with van der Waals surface area (Å²) < 4.78 is 11.5. The number of hydrogen-bond donors (Lipinski definition) is 1. The van der Waals surface area contributed by atoms with Crippen molar-refractivity contribution in [3.8, 4) is 11.5 Å². The predicted molar refractivity (Wildman–Crippen MR) is 127 cm³/mol. The Morgan fingerprint density at radius 1 is 1.23 bits per heavy atom. The Morgan fingerprint density at radius 3 is 2.68 bits per heavy atom. The number of ether oxygens (including phenoxy) is 2. The van der Waals surface area contributed by atoms with E-state index in [9.17, 15) is 14.7 Å². The summed E-state index contributed by atoms with van der Waals surface area (Å²) in [6, 6.07) is 10.3. The summed E-state index contributed by atoms with van der Waals surface area (Å²) in [5, 5.41) is 9.38. The van der Waals surface area contributed by atoms with Gasteiger partial charge in [-0.05, 0) is 54.8 Å². The number of carboxylic acids is 1. The highest BCUT2D eigenvalue weighted by Crippen LogP contribution is 2.37. The molecule has 1 amide bonds. The second-order valence-electron chi connectivity index (χ2n) is 6.93. The molecule has 0 saturated carbocycles. The number of aromatic carboxylic acids is 1. The fourth-order valence-corrected chi connectivity index (χ4v) is 4.34. The molecule has 1 aliphatic heterocycles. The Bertz CT molecular complexity index is 1060. The molecule has 1 fully saturated rings. The van der Waals surface area contributed by atoms with Crippen molar-refractivity contribution in [2.24, 2.45) is 0 Å². The largest absolute Gasteiger partial charge is 0.493 e. The maximum Gasteiger partial charge on any atom is 0.336 e. The smallest absolute Gasteiger partial charge is 0.336 e. The number of aryl methyl sites for hydroxylation is 1. The molecule has 2 aromatic carbocycles. The highest BCUT2D eigenvalue weighted by atomic mass is 32.2. The molecule has 6 nitrogen and oxygen atoms in total. The Hall–Kier alpha value is -2.84. The molecule has 0 aromatic heterocycles. The Kier molecular flexibility index (Phi) is 7.35. The van der Waals surface area contributed by atoms with Crippen molar-refractivity contribution in [2.75, 3.05) is 18.6 Å². The van der Waals surface area contributed by atoms with E-state index in [1.54, 1.807) is 32.2 Å². The zero-order valence-corrected chi connectivity index (χ0v) is 19.1. The number of benzene rings is 2. The van der Waals surface area contributed by atoms with Crippen molar-refractivity contribution >= 4 is 51.9 Å². The second kappa shape index (κ2) is 9.98. The number of methoxy groups -OCH3 is 1. The first-order valence-electron chi connectivity index (χ1n) is 9.78. The molecule has 3 rings (SSSR count). The van der Waals surface area contributed by atoms with Crippen LogP contribution >= 0.6 is 24.0 Å². The average Bonchev–Trinajstić information content (AvgIpc) is 3.02. The first kappa shape index (κ1) is 22.8. The Balaban J connectivity index is 1.87. The number of thioether (sulfide) groups is 1. The molecular weight excluding hydrogens is 434 g/mol. The molecule has 2 aromatic rings. The highest BCUT2D eigenvalue weighted by molar-refractivity contribution is 8.27. The number of carbonyl (C=O) groups excluding carboxylic acids is 1. The molecular formula is C23H23NO5S2. The number of anilines is 1. The van der Waals surface area contributed by atoms with E-state index in [0.29, 0.717) is 38.6 Å². The lowest BCUT2D eigenvalue weighted by Crippen LogP contribution is -2.27. The number of amides is 1. The minimum absolute atomic E-state index is 0.138. The number of thiocarbonyl (C=S) groups is 1. The standard InChI is InChI=1S/C23H23NO5S2/c1-4-5-10-29-18-9-7-15(11-19(18)28-3)12-20-21(25)24(23(30)31-20)16-8-6-14(2)17(13-16)22(26)27/h6-9,11-13H,4-5,10H2,1-3H3,(H,26,27).